The molecule has 0 aliphatic carbocycles. The largest absolute Gasteiger partial charge is 0.517 e. The van der Waals surface area contributed by atoms with Crippen LogP contribution in [0.2, 0.25) is 0 Å². The number of rotatable bonds is 3. The number of hydrogen-bond donors (Lipinski definition) is 0. The van der Waals surface area contributed by atoms with E-state index in [-0.39, 0.29) is 0 Å². The van der Waals surface area contributed by atoms with Crippen LogP contribution in [0.15, 0.2) is 30.3 Å². The summed E-state index contributed by atoms with van der Waals surface area (Å²) < 4.78 is 8.95. The van der Waals surface area contributed by atoms with E-state index in [9.17, 15) is 9.59 Å². The maximum Gasteiger partial charge on any atom is 0.517 e. The van der Waals surface area contributed by atoms with Crippen molar-refractivity contribution in [3.05, 3.63) is 35.9 Å². The summed E-state index contributed by atoms with van der Waals surface area (Å²) in [6.07, 6.45) is -0.474. The van der Waals surface area contributed by atoms with Crippen LogP contribution in [0.4, 0.5) is 4.79 Å². The lowest BCUT2D eigenvalue weighted by Crippen LogP contribution is -2.16. The molecule has 15 heavy (non-hydrogen) atoms. The Morgan fingerprint density at radius 3 is 2.47 bits per heavy atom. The van der Waals surface area contributed by atoms with Crippen molar-refractivity contribution >= 4 is 12.1 Å². The second kappa shape index (κ2) is 4.13. The first kappa shape index (κ1) is 9.71. The minimum atomic E-state index is -0.891. The van der Waals surface area contributed by atoms with Crippen molar-refractivity contribution in [3.63, 3.8) is 0 Å². The molecule has 1 aliphatic heterocycles. The van der Waals surface area contributed by atoms with Crippen LogP contribution in [0.3, 0.4) is 0 Å². The summed E-state index contributed by atoms with van der Waals surface area (Å²) in [7, 11) is 0. The van der Waals surface area contributed by atoms with Crippen molar-refractivity contribution in [2.24, 2.45) is 0 Å². The highest BCUT2D eigenvalue weighted by molar-refractivity contribution is 5.90. The summed E-state index contributed by atoms with van der Waals surface area (Å²) in [6, 6.07) is 9.69. The second-order valence-electron chi connectivity index (χ2n) is 3.30. The van der Waals surface area contributed by atoms with Gasteiger partial charge in [-0.2, -0.15) is 0 Å². The zero-order valence-corrected chi connectivity index (χ0v) is 8.01. The van der Waals surface area contributed by atoms with Gasteiger partial charge < -0.3 is 9.47 Å². The van der Waals surface area contributed by atoms with E-state index in [0.29, 0.717) is 12.8 Å². The molecule has 0 aromatic heterocycles. The summed E-state index contributed by atoms with van der Waals surface area (Å²) in [5.74, 6) is -0.587. The third kappa shape index (κ3) is 2.34. The third-order valence-corrected chi connectivity index (χ3v) is 2.22. The van der Waals surface area contributed by atoms with Crippen LogP contribution in [-0.2, 0) is 20.7 Å². The van der Waals surface area contributed by atoms with Crippen molar-refractivity contribution in [1.82, 2.24) is 0 Å². The Balaban J connectivity index is 1.89. The van der Waals surface area contributed by atoms with Gasteiger partial charge in [-0.15, -0.1) is 0 Å². The minimum absolute atomic E-state index is 0.467. The average molecular weight is 206 g/mol. The zero-order chi connectivity index (χ0) is 10.7. The van der Waals surface area contributed by atoms with Crippen LogP contribution in [0.1, 0.15) is 12.0 Å². The first-order chi connectivity index (χ1) is 7.25. The summed E-state index contributed by atoms with van der Waals surface area (Å²) in [5, 5.41) is 0. The van der Waals surface area contributed by atoms with Gasteiger partial charge in [0.15, 0.2) is 0 Å². The Morgan fingerprint density at radius 1 is 1.13 bits per heavy atom. The highest BCUT2D eigenvalue weighted by Gasteiger charge is 2.34. The first-order valence-electron chi connectivity index (χ1n) is 4.72. The fourth-order valence-electron chi connectivity index (χ4n) is 1.46. The fraction of sp³-hybridized carbons (Fsp3) is 0.273. The minimum Gasteiger partial charge on any atom is -0.419 e. The molecule has 2 rings (SSSR count). The van der Waals surface area contributed by atoms with Crippen molar-refractivity contribution in [3.8, 4) is 0 Å². The van der Waals surface area contributed by atoms with Gasteiger partial charge in [-0.1, -0.05) is 30.3 Å². The average Bonchev–Trinajstić information content (AvgIpc) is 2.56. The maximum atomic E-state index is 11.0. The molecule has 1 heterocycles. The number of carbonyl (C=O) groups excluding carboxylic acids is 2. The number of carbonyl (C=O) groups is 2. The van der Waals surface area contributed by atoms with Gasteiger partial charge in [0.2, 0.25) is 6.10 Å². The second-order valence-corrected chi connectivity index (χ2v) is 3.30. The van der Waals surface area contributed by atoms with Crippen LogP contribution in [0.5, 0.6) is 0 Å². The molecule has 1 aromatic rings. The molecule has 0 saturated carbocycles. The van der Waals surface area contributed by atoms with Crippen molar-refractivity contribution in [2.45, 2.75) is 18.9 Å². The lowest BCUT2D eigenvalue weighted by Gasteiger charge is -2.03. The Bertz CT molecular complexity index is 371. The number of cyclic esters (lactones) is 3. The predicted octanol–water partition coefficient (Wildman–Crippen LogP) is 1.68. The summed E-state index contributed by atoms with van der Waals surface area (Å²) >= 11 is 0. The molecule has 4 heteroatoms. The molecule has 0 amide bonds. The lowest BCUT2D eigenvalue weighted by molar-refractivity contribution is -0.136. The molecule has 0 bridgehead atoms. The lowest BCUT2D eigenvalue weighted by atomic mass is 10.1. The quantitative estimate of drug-likeness (QED) is 0.557. The monoisotopic (exact) mass is 206 g/mol. The smallest absolute Gasteiger partial charge is 0.419 e. The van der Waals surface area contributed by atoms with Gasteiger partial charge in [-0.25, -0.2) is 9.59 Å². The van der Waals surface area contributed by atoms with E-state index in [4.69, 9.17) is 0 Å². The summed E-state index contributed by atoms with van der Waals surface area (Å²) in [4.78, 5) is 21.6. The van der Waals surface area contributed by atoms with Crippen molar-refractivity contribution < 1.29 is 19.1 Å². The number of hydrogen-bond acceptors (Lipinski definition) is 4. The highest BCUT2D eigenvalue weighted by Crippen LogP contribution is 2.14. The van der Waals surface area contributed by atoms with Gasteiger partial charge in [0, 0.05) is 0 Å². The molecular weight excluding hydrogens is 196 g/mol. The fourth-order valence-corrected chi connectivity index (χ4v) is 1.46. The Labute approximate surface area is 86.8 Å². The van der Waals surface area contributed by atoms with Gasteiger partial charge in [-0.3, -0.25) is 0 Å². The number of aryl methyl sites for hydroxylation is 1. The molecule has 1 saturated heterocycles. The van der Waals surface area contributed by atoms with Crippen LogP contribution in [0, 0.1) is 0 Å². The molecule has 1 aliphatic rings. The van der Waals surface area contributed by atoms with E-state index in [1.807, 2.05) is 30.3 Å². The van der Waals surface area contributed by atoms with Crippen LogP contribution >= 0.6 is 0 Å². The number of benzene rings is 1. The molecule has 0 spiro atoms. The molecule has 1 atom stereocenters. The number of esters is 1. The van der Waals surface area contributed by atoms with E-state index < -0.39 is 18.2 Å². The molecule has 1 unspecified atom stereocenters. The topological polar surface area (TPSA) is 52.6 Å². The molecule has 0 N–H and O–H groups in total. The molecule has 78 valence electrons. The van der Waals surface area contributed by atoms with Crippen molar-refractivity contribution in [1.29, 1.82) is 0 Å². The summed E-state index contributed by atoms with van der Waals surface area (Å²) in [5.41, 5.74) is 1.10. The van der Waals surface area contributed by atoms with Gasteiger partial charge >= 0.3 is 12.1 Å². The molecule has 4 nitrogen and oxygen atoms in total. The van der Waals surface area contributed by atoms with Crippen molar-refractivity contribution in [2.75, 3.05) is 0 Å². The molecular formula is C11H10O4. The molecule has 1 aromatic carbocycles. The van der Waals surface area contributed by atoms with Gasteiger partial charge in [0.25, 0.3) is 0 Å². The van der Waals surface area contributed by atoms with E-state index in [1.165, 1.54) is 0 Å². The molecule has 1 fully saturated rings. The van der Waals surface area contributed by atoms with Crippen LogP contribution in [0.25, 0.3) is 0 Å². The number of ether oxygens (including phenoxy) is 2. The van der Waals surface area contributed by atoms with E-state index >= 15 is 0 Å². The first-order valence-corrected chi connectivity index (χ1v) is 4.72. The van der Waals surface area contributed by atoms with E-state index in [1.54, 1.807) is 0 Å². The van der Waals surface area contributed by atoms with Crippen LogP contribution < -0.4 is 0 Å². The standard InChI is InChI=1S/C11H10O4/c12-10-9(14-11(13)15-10)7-6-8-4-2-1-3-5-8/h1-5,9H,6-7H2. The summed E-state index contributed by atoms with van der Waals surface area (Å²) in [6.45, 7) is 0. The van der Waals surface area contributed by atoms with Gasteiger partial charge in [-0.05, 0) is 18.4 Å². The normalized spacial score (nSPS) is 19.9. The van der Waals surface area contributed by atoms with Gasteiger partial charge in [0.05, 0.1) is 0 Å². The zero-order valence-electron chi connectivity index (χ0n) is 8.01. The Kier molecular flexibility index (Phi) is 2.67. The van der Waals surface area contributed by atoms with Crippen LogP contribution in [-0.4, -0.2) is 18.2 Å². The molecule has 0 radical (unpaired) electrons. The third-order valence-electron chi connectivity index (χ3n) is 2.22. The Morgan fingerprint density at radius 2 is 1.87 bits per heavy atom. The van der Waals surface area contributed by atoms with Gasteiger partial charge in [0.1, 0.15) is 0 Å². The van der Waals surface area contributed by atoms with E-state index in [0.717, 1.165) is 5.56 Å². The predicted molar refractivity (Wildman–Crippen MR) is 51.1 cm³/mol. The maximum absolute atomic E-state index is 11.0. The highest BCUT2D eigenvalue weighted by atomic mass is 16.8. The van der Waals surface area contributed by atoms with E-state index in [2.05, 4.69) is 9.47 Å². The Hall–Kier alpha value is -1.84. The SMILES string of the molecule is O=C1OC(=O)C(CCc2ccccc2)O1.